The highest BCUT2D eigenvalue weighted by molar-refractivity contribution is 9.08. The zero-order chi connectivity index (χ0) is 15.6. The smallest absolute Gasteiger partial charge is 0.337 e. The van der Waals surface area contributed by atoms with Crippen LogP contribution in [0.25, 0.3) is 0 Å². The lowest BCUT2D eigenvalue weighted by Gasteiger charge is -2.09. The molecule has 7 heteroatoms. The molecule has 0 bridgehead atoms. The van der Waals surface area contributed by atoms with Gasteiger partial charge in [0.2, 0.25) is 0 Å². The molecule has 110 valence electrons. The van der Waals surface area contributed by atoms with Crippen LogP contribution in [-0.2, 0) is 11.9 Å². The van der Waals surface area contributed by atoms with Crippen molar-refractivity contribution in [1.82, 2.24) is 4.57 Å². The quantitative estimate of drug-likeness (QED) is 0.856. The second-order valence-corrected chi connectivity index (χ2v) is 4.90. The maximum Gasteiger partial charge on any atom is 0.337 e. The fourth-order valence-corrected chi connectivity index (χ4v) is 2.25. The zero-order valence-electron chi connectivity index (χ0n) is 10.6. The number of hydrogen-bond acceptors (Lipinski definition) is 2. The van der Waals surface area contributed by atoms with Gasteiger partial charge in [0.15, 0.2) is 11.6 Å². The number of carboxylic acid groups (broad SMARTS) is 1. The van der Waals surface area contributed by atoms with Crippen LogP contribution in [0.3, 0.4) is 0 Å². The van der Waals surface area contributed by atoms with Crippen molar-refractivity contribution in [3.63, 3.8) is 0 Å². The van der Waals surface area contributed by atoms with E-state index in [1.54, 1.807) is 0 Å². The molecule has 0 aliphatic carbocycles. The van der Waals surface area contributed by atoms with Gasteiger partial charge in [-0.1, -0.05) is 28.1 Å². The molecule has 2 aromatic rings. The van der Waals surface area contributed by atoms with Crippen LogP contribution < -0.4 is 5.56 Å². The van der Waals surface area contributed by atoms with Crippen molar-refractivity contribution in [3.05, 3.63) is 69.1 Å². The van der Waals surface area contributed by atoms with Gasteiger partial charge in [-0.2, -0.15) is 0 Å². The van der Waals surface area contributed by atoms with E-state index in [1.165, 1.54) is 12.1 Å². The van der Waals surface area contributed by atoms with Gasteiger partial charge in [0, 0.05) is 28.7 Å². The van der Waals surface area contributed by atoms with Crippen LogP contribution in [-0.4, -0.2) is 15.6 Å². The molecule has 0 fully saturated rings. The summed E-state index contributed by atoms with van der Waals surface area (Å²) >= 11 is 3.04. The van der Waals surface area contributed by atoms with Gasteiger partial charge >= 0.3 is 5.97 Å². The van der Waals surface area contributed by atoms with Gasteiger partial charge in [0.1, 0.15) is 0 Å². The molecule has 1 heterocycles. The standard InChI is InChI=1S/C14H10BrF2NO3/c15-5-8-1-2-9(13(17)12(8)16)6-18-7-10(14(20)21)3-4-11(18)19/h1-4,7H,5-6H2,(H,20,21). The summed E-state index contributed by atoms with van der Waals surface area (Å²) < 4.78 is 28.6. The van der Waals surface area contributed by atoms with Crippen molar-refractivity contribution < 1.29 is 18.7 Å². The molecule has 0 radical (unpaired) electrons. The molecule has 1 N–H and O–H groups in total. The Morgan fingerprint density at radius 3 is 2.38 bits per heavy atom. The Bertz CT molecular complexity index is 758. The van der Waals surface area contributed by atoms with Crippen LogP contribution in [0.4, 0.5) is 8.78 Å². The molecule has 0 saturated carbocycles. The van der Waals surface area contributed by atoms with Crippen molar-refractivity contribution in [1.29, 1.82) is 0 Å². The van der Waals surface area contributed by atoms with Crippen molar-refractivity contribution in [2.24, 2.45) is 0 Å². The van der Waals surface area contributed by atoms with E-state index in [0.717, 1.165) is 22.9 Å². The van der Waals surface area contributed by atoms with E-state index < -0.39 is 23.2 Å². The first kappa shape index (κ1) is 15.4. The highest BCUT2D eigenvalue weighted by Gasteiger charge is 2.14. The summed E-state index contributed by atoms with van der Waals surface area (Å²) in [4.78, 5) is 22.5. The van der Waals surface area contributed by atoms with E-state index >= 15 is 0 Å². The third-order valence-electron chi connectivity index (χ3n) is 2.96. The molecule has 4 nitrogen and oxygen atoms in total. The molecule has 0 saturated heterocycles. The maximum atomic E-state index is 13.9. The average Bonchev–Trinajstić information content (AvgIpc) is 2.46. The number of nitrogens with zero attached hydrogens (tertiary/aromatic N) is 1. The molecule has 0 unspecified atom stereocenters. The molecule has 0 amide bonds. The van der Waals surface area contributed by atoms with Gasteiger partial charge < -0.3 is 9.67 Å². The van der Waals surface area contributed by atoms with Crippen LogP contribution in [0, 0.1) is 11.6 Å². The van der Waals surface area contributed by atoms with Crippen LogP contribution in [0.15, 0.2) is 35.3 Å². The predicted molar refractivity (Wildman–Crippen MR) is 75.8 cm³/mol. The van der Waals surface area contributed by atoms with E-state index in [2.05, 4.69) is 15.9 Å². The van der Waals surface area contributed by atoms with E-state index in [1.807, 2.05) is 0 Å². The summed E-state index contributed by atoms with van der Waals surface area (Å²) in [6, 6.07) is 5.01. The van der Waals surface area contributed by atoms with Gasteiger partial charge in [-0.25, -0.2) is 13.6 Å². The summed E-state index contributed by atoms with van der Waals surface area (Å²) in [5.74, 6) is -3.23. The highest BCUT2D eigenvalue weighted by atomic mass is 79.9. The SMILES string of the molecule is O=C(O)c1ccc(=O)n(Cc2ccc(CBr)c(F)c2F)c1. The van der Waals surface area contributed by atoms with Crippen LogP contribution in [0.2, 0.25) is 0 Å². The number of hydrogen-bond donors (Lipinski definition) is 1. The van der Waals surface area contributed by atoms with Crippen molar-refractivity contribution in [3.8, 4) is 0 Å². The summed E-state index contributed by atoms with van der Waals surface area (Å²) in [7, 11) is 0. The van der Waals surface area contributed by atoms with E-state index in [-0.39, 0.29) is 28.6 Å². The Kier molecular flexibility index (Phi) is 4.52. The van der Waals surface area contributed by atoms with E-state index in [0.29, 0.717) is 0 Å². The fourth-order valence-electron chi connectivity index (χ4n) is 1.82. The highest BCUT2D eigenvalue weighted by Crippen LogP contribution is 2.19. The molecule has 0 aliphatic heterocycles. The average molecular weight is 358 g/mol. The number of benzene rings is 1. The molecule has 2 rings (SSSR count). The topological polar surface area (TPSA) is 59.3 Å². The van der Waals surface area contributed by atoms with Crippen LogP contribution >= 0.6 is 15.9 Å². The minimum Gasteiger partial charge on any atom is -0.478 e. The molecular weight excluding hydrogens is 348 g/mol. The first-order chi connectivity index (χ1) is 9.93. The maximum absolute atomic E-state index is 13.9. The Balaban J connectivity index is 2.43. The number of aromatic nitrogens is 1. The number of halogens is 3. The third kappa shape index (κ3) is 3.18. The summed E-state index contributed by atoms with van der Waals surface area (Å²) in [6.07, 6.45) is 1.10. The van der Waals surface area contributed by atoms with Crippen LogP contribution in [0.5, 0.6) is 0 Å². The molecule has 0 spiro atoms. The van der Waals surface area contributed by atoms with Gasteiger partial charge in [-0.05, 0) is 6.07 Å². The Hall–Kier alpha value is -2.02. The second-order valence-electron chi connectivity index (χ2n) is 4.33. The monoisotopic (exact) mass is 357 g/mol. The fraction of sp³-hybridized carbons (Fsp3) is 0.143. The van der Waals surface area contributed by atoms with Crippen molar-refractivity contribution in [2.45, 2.75) is 11.9 Å². The zero-order valence-corrected chi connectivity index (χ0v) is 12.2. The first-order valence-corrected chi connectivity index (χ1v) is 7.01. The van der Waals surface area contributed by atoms with Crippen molar-refractivity contribution >= 4 is 21.9 Å². The molecule has 0 aliphatic rings. The lowest BCUT2D eigenvalue weighted by atomic mass is 10.1. The largest absolute Gasteiger partial charge is 0.478 e. The normalized spacial score (nSPS) is 10.6. The lowest BCUT2D eigenvalue weighted by molar-refractivity contribution is 0.0696. The Labute approximate surface area is 126 Å². The number of aromatic carboxylic acids is 1. The van der Waals surface area contributed by atoms with Gasteiger partial charge in [0.25, 0.3) is 5.56 Å². The second kappa shape index (κ2) is 6.17. The number of alkyl halides is 1. The van der Waals surface area contributed by atoms with E-state index in [4.69, 9.17) is 5.11 Å². The number of carboxylic acids is 1. The number of rotatable bonds is 4. The van der Waals surface area contributed by atoms with Crippen LogP contribution in [0.1, 0.15) is 21.5 Å². The molecule has 1 aromatic carbocycles. The Morgan fingerprint density at radius 2 is 1.76 bits per heavy atom. The summed E-state index contributed by atoms with van der Waals surface area (Å²) in [5, 5.41) is 9.05. The van der Waals surface area contributed by atoms with Gasteiger partial charge in [0.05, 0.1) is 12.1 Å². The molecule has 1 aromatic heterocycles. The lowest BCUT2D eigenvalue weighted by Crippen LogP contribution is -2.21. The summed E-state index contributed by atoms with van der Waals surface area (Å²) in [5.41, 5.74) is -0.457. The molecule has 21 heavy (non-hydrogen) atoms. The number of pyridine rings is 1. The molecule has 0 atom stereocenters. The minimum atomic E-state index is -1.20. The first-order valence-electron chi connectivity index (χ1n) is 5.89. The third-order valence-corrected chi connectivity index (χ3v) is 3.56. The van der Waals surface area contributed by atoms with E-state index in [9.17, 15) is 18.4 Å². The Morgan fingerprint density at radius 1 is 1.14 bits per heavy atom. The van der Waals surface area contributed by atoms with Gasteiger partial charge in [-0.15, -0.1) is 0 Å². The summed E-state index contributed by atoms with van der Waals surface area (Å²) in [6.45, 7) is -0.245. The van der Waals surface area contributed by atoms with Gasteiger partial charge in [-0.3, -0.25) is 4.79 Å². The molecular formula is C14H10BrF2NO3. The predicted octanol–water partition coefficient (Wildman–Crippen LogP) is 2.77. The number of carbonyl (C=O) groups is 1. The minimum absolute atomic E-state index is 0.0261. The van der Waals surface area contributed by atoms with Crippen molar-refractivity contribution in [2.75, 3.05) is 0 Å².